The van der Waals surface area contributed by atoms with Gasteiger partial charge in [0.15, 0.2) is 5.13 Å². The van der Waals surface area contributed by atoms with E-state index in [9.17, 15) is 14.7 Å². The second kappa shape index (κ2) is 11.9. The number of ether oxygens (including phenoxy) is 2. The molecule has 206 valence electrons. The van der Waals surface area contributed by atoms with Crippen LogP contribution in [0.25, 0.3) is 16.0 Å². The first kappa shape index (κ1) is 27.4. The summed E-state index contributed by atoms with van der Waals surface area (Å²) in [5, 5.41) is 11.7. The van der Waals surface area contributed by atoms with Crippen LogP contribution in [0, 0.1) is 6.92 Å². The van der Waals surface area contributed by atoms with Gasteiger partial charge in [-0.1, -0.05) is 73.1 Å². The molecule has 4 aromatic rings. The second-order valence-corrected chi connectivity index (χ2v) is 10.7. The monoisotopic (exact) mass is 556 g/mol. The van der Waals surface area contributed by atoms with E-state index in [1.165, 1.54) is 16.2 Å². The minimum Gasteiger partial charge on any atom is -0.507 e. The topological polar surface area (TPSA) is 89.0 Å². The van der Waals surface area contributed by atoms with Gasteiger partial charge in [-0.15, -0.1) is 0 Å². The Hall–Kier alpha value is -4.17. The van der Waals surface area contributed by atoms with Crippen molar-refractivity contribution < 1.29 is 24.2 Å². The van der Waals surface area contributed by atoms with Crippen molar-refractivity contribution in [2.75, 3.05) is 18.1 Å². The quantitative estimate of drug-likeness (QED) is 0.0962. The van der Waals surface area contributed by atoms with E-state index in [0.29, 0.717) is 46.5 Å². The van der Waals surface area contributed by atoms with Gasteiger partial charge >= 0.3 is 5.91 Å². The summed E-state index contributed by atoms with van der Waals surface area (Å²) >= 11 is 1.30. The number of ketones is 1. The van der Waals surface area contributed by atoms with E-state index in [0.717, 1.165) is 29.5 Å². The van der Waals surface area contributed by atoms with Crippen LogP contribution in [0.1, 0.15) is 55.8 Å². The molecule has 40 heavy (non-hydrogen) atoms. The first-order valence-electron chi connectivity index (χ1n) is 13.6. The smallest absolute Gasteiger partial charge is 0.301 e. The summed E-state index contributed by atoms with van der Waals surface area (Å²) < 4.78 is 12.3. The van der Waals surface area contributed by atoms with Gasteiger partial charge in [0, 0.05) is 5.56 Å². The lowest BCUT2D eigenvalue weighted by atomic mass is 9.95. The van der Waals surface area contributed by atoms with Crippen LogP contribution in [0.2, 0.25) is 0 Å². The molecule has 0 bridgehead atoms. The lowest BCUT2D eigenvalue weighted by Gasteiger charge is -2.23. The molecule has 3 aromatic carbocycles. The number of carbonyl (C=O) groups is 2. The Morgan fingerprint density at radius 1 is 0.950 bits per heavy atom. The number of unbranched alkanes of at least 4 members (excludes halogenated alkanes) is 2. The van der Waals surface area contributed by atoms with Crippen molar-refractivity contribution in [2.45, 2.75) is 46.1 Å². The molecular formula is C32H32N2O5S. The van der Waals surface area contributed by atoms with Crippen molar-refractivity contribution in [3.05, 3.63) is 89.0 Å². The number of hydrogen-bond donors (Lipinski definition) is 1. The number of aliphatic hydroxyl groups excluding tert-OH is 1. The average molecular weight is 557 g/mol. The summed E-state index contributed by atoms with van der Waals surface area (Å²) in [6.07, 6.45) is 3.18. The summed E-state index contributed by atoms with van der Waals surface area (Å²) in [5.41, 5.74) is 2.88. The van der Waals surface area contributed by atoms with E-state index in [4.69, 9.17) is 14.5 Å². The van der Waals surface area contributed by atoms with Crippen molar-refractivity contribution in [1.29, 1.82) is 0 Å². The van der Waals surface area contributed by atoms with Gasteiger partial charge in [-0.2, -0.15) is 0 Å². The number of amides is 1. The first-order chi connectivity index (χ1) is 19.4. The number of benzene rings is 3. The lowest BCUT2D eigenvalue weighted by Crippen LogP contribution is -2.29. The molecule has 0 aliphatic carbocycles. The molecule has 1 unspecified atom stereocenters. The fourth-order valence-corrected chi connectivity index (χ4v) is 5.77. The van der Waals surface area contributed by atoms with Crippen LogP contribution >= 0.6 is 11.3 Å². The summed E-state index contributed by atoms with van der Waals surface area (Å²) in [6, 6.07) is 19.2. The highest BCUT2D eigenvalue weighted by Crippen LogP contribution is 2.45. The van der Waals surface area contributed by atoms with Gasteiger partial charge in [0.25, 0.3) is 5.78 Å². The molecule has 0 spiro atoms. The predicted octanol–water partition coefficient (Wildman–Crippen LogP) is 7.20. The molecule has 0 saturated carbocycles. The lowest BCUT2D eigenvalue weighted by molar-refractivity contribution is -0.132. The maximum Gasteiger partial charge on any atom is 0.301 e. The Labute approximate surface area is 237 Å². The zero-order valence-corrected chi connectivity index (χ0v) is 23.7. The Morgan fingerprint density at radius 3 is 2.38 bits per heavy atom. The molecule has 8 heteroatoms. The minimum atomic E-state index is -0.859. The van der Waals surface area contributed by atoms with Crippen molar-refractivity contribution in [3.63, 3.8) is 0 Å². The summed E-state index contributed by atoms with van der Waals surface area (Å²) in [6.45, 7) is 7.15. The van der Waals surface area contributed by atoms with Gasteiger partial charge in [-0.3, -0.25) is 14.5 Å². The molecule has 1 aliphatic heterocycles. The Kier molecular flexibility index (Phi) is 8.16. The number of aliphatic hydroxyl groups is 1. The first-order valence-corrected chi connectivity index (χ1v) is 14.4. The third-order valence-corrected chi connectivity index (χ3v) is 7.87. The Bertz CT molecular complexity index is 1560. The number of nitrogens with zero attached hydrogens (tertiary/aromatic N) is 2. The molecule has 1 atom stereocenters. The molecule has 1 fully saturated rings. The number of thiazole rings is 1. The Morgan fingerprint density at radius 2 is 1.68 bits per heavy atom. The number of Topliss-reactive ketones (excluding diaryl/α,β-unsaturated/α-hetero) is 1. The van der Waals surface area contributed by atoms with Gasteiger partial charge in [0.2, 0.25) is 0 Å². The zero-order valence-electron chi connectivity index (χ0n) is 22.8. The SMILES string of the molecule is CCCCCOc1ccc(C2C(=C(O)c3ccc(C)cc3)C(=O)C(=O)N2c2nc3ccc(OCC)cc3s2)cc1. The molecule has 2 heterocycles. The van der Waals surface area contributed by atoms with Gasteiger partial charge < -0.3 is 14.6 Å². The van der Waals surface area contributed by atoms with Gasteiger partial charge in [-0.05, 0) is 56.2 Å². The largest absolute Gasteiger partial charge is 0.507 e. The number of hydrogen-bond acceptors (Lipinski definition) is 7. The van der Waals surface area contributed by atoms with E-state index >= 15 is 0 Å². The van der Waals surface area contributed by atoms with E-state index in [1.807, 2.05) is 68.4 Å². The normalized spacial score (nSPS) is 16.6. The van der Waals surface area contributed by atoms with Crippen LogP contribution < -0.4 is 14.4 Å². The molecule has 1 N–H and O–H groups in total. The summed E-state index contributed by atoms with van der Waals surface area (Å²) in [4.78, 5) is 33.1. The number of aryl methyl sites for hydroxylation is 1. The number of fused-ring (bicyclic) bond motifs is 1. The zero-order chi connectivity index (χ0) is 28.2. The fourth-order valence-electron chi connectivity index (χ4n) is 4.75. The van der Waals surface area contributed by atoms with Crippen LogP contribution in [-0.4, -0.2) is 35.0 Å². The van der Waals surface area contributed by atoms with Gasteiger partial charge in [0.05, 0.1) is 35.0 Å². The van der Waals surface area contributed by atoms with Crippen molar-refractivity contribution in [3.8, 4) is 11.5 Å². The van der Waals surface area contributed by atoms with Gasteiger partial charge in [-0.25, -0.2) is 4.98 Å². The average Bonchev–Trinajstić information content (AvgIpc) is 3.49. The highest BCUT2D eigenvalue weighted by Gasteiger charge is 2.48. The number of aromatic nitrogens is 1. The number of carbonyl (C=O) groups excluding carboxylic acids is 2. The van der Waals surface area contributed by atoms with Gasteiger partial charge in [0.1, 0.15) is 17.3 Å². The van der Waals surface area contributed by atoms with E-state index < -0.39 is 17.7 Å². The molecule has 1 saturated heterocycles. The highest BCUT2D eigenvalue weighted by molar-refractivity contribution is 7.22. The van der Waals surface area contributed by atoms with E-state index in [1.54, 1.807) is 12.1 Å². The predicted molar refractivity (Wildman–Crippen MR) is 158 cm³/mol. The minimum absolute atomic E-state index is 0.0275. The van der Waals surface area contributed by atoms with E-state index in [-0.39, 0.29) is 11.3 Å². The molecular weight excluding hydrogens is 524 g/mol. The van der Waals surface area contributed by atoms with Crippen LogP contribution in [0.4, 0.5) is 5.13 Å². The summed E-state index contributed by atoms with van der Waals surface area (Å²) in [5.74, 6) is -0.290. The van der Waals surface area contributed by atoms with E-state index in [2.05, 4.69) is 6.92 Å². The van der Waals surface area contributed by atoms with Crippen molar-refractivity contribution in [1.82, 2.24) is 4.98 Å². The molecule has 5 rings (SSSR count). The summed E-state index contributed by atoms with van der Waals surface area (Å²) in [7, 11) is 0. The highest BCUT2D eigenvalue weighted by atomic mass is 32.1. The van der Waals surface area contributed by atoms with Crippen LogP contribution in [0.3, 0.4) is 0 Å². The third-order valence-electron chi connectivity index (χ3n) is 6.85. The molecule has 0 radical (unpaired) electrons. The van der Waals surface area contributed by atoms with Crippen LogP contribution in [0.5, 0.6) is 11.5 Å². The molecule has 1 amide bonds. The van der Waals surface area contributed by atoms with Crippen molar-refractivity contribution >= 4 is 44.1 Å². The second-order valence-electron chi connectivity index (χ2n) is 9.72. The van der Waals surface area contributed by atoms with Crippen molar-refractivity contribution in [2.24, 2.45) is 0 Å². The fraction of sp³-hybridized carbons (Fsp3) is 0.281. The molecule has 7 nitrogen and oxygen atoms in total. The third kappa shape index (κ3) is 5.45. The maximum atomic E-state index is 13.6. The number of anilines is 1. The number of rotatable bonds is 10. The molecule has 1 aromatic heterocycles. The maximum absolute atomic E-state index is 13.6. The molecule has 1 aliphatic rings. The van der Waals surface area contributed by atoms with Crippen LogP contribution in [-0.2, 0) is 9.59 Å². The standard InChI is InChI=1S/C32H32N2O5S/c1-4-6-7-18-39-23-14-12-21(13-15-23)28-27(29(35)22-10-8-20(3)9-11-22)30(36)31(37)34(28)32-33-25-17-16-24(38-5-2)19-26(25)40-32/h8-17,19,28,35H,4-7,18H2,1-3H3. The Balaban J connectivity index is 1.59. The van der Waals surface area contributed by atoms with Crippen LogP contribution in [0.15, 0.2) is 72.3 Å².